The van der Waals surface area contributed by atoms with Crippen molar-refractivity contribution in [3.05, 3.63) is 89.1 Å². The van der Waals surface area contributed by atoms with Crippen LogP contribution in [0, 0.1) is 13.8 Å². The number of methoxy groups -OCH3 is 1. The fraction of sp³-hybridized carbons (Fsp3) is 0.333. The van der Waals surface area contributed by atoms with E-state index in [1.807, 2.05) is 6.20 Å². The molecule has 3 N–H and O–H groups in total. The number of anilines is 1. The molecule has 4 heterocycles. The maximum absolute atomic E-state index is 5.80. The number of imidazole rings is 1. The van der Waals surface area contributed by atoms with Gasteiger partial charge < -0.3 is 25.3 Å². The predicted molar refractivity (Wildman–Crippen MR) is 166 cm³/mol. The maximum Gasteiger partial charge on any atom is 0.156 e. The van der Waals surface area contributed by atoms with E-state index in [2.05, 4.69) is 95.4 Å². The molecule has 8 nitrogen and oxygen atoms in total. The summed E-state index contributed by atoms with van der Waals surface area (Å²) in [5, 5.41) is 10.4. The molecule has 1 fully saturated rings. The van der Waals surface area contributed by atoms with Gasteiger partial charge in [0.05, 0.1) is 24.2 Å². The monoisotopic (exact) mass is 549 g/mol. The summed E-state index contributed by atoms with van der Waals surface area (Å²) < 4.78 is 7.98. The molecule has 0 radical (unpaired) electrons. The molecule has 0 amide bonds. The first-order valence-corrected chi connectivity index (χ1v) is 14.3. The molecule has 41 heavy (non-hydrogen) atoms. The molecule has 6 rings (SSSR count). The van der Waals surface area contributed by atoms with E-state index in [9.17, 15) is 0 Å². The second-order valence-electron chi connectivity index (χ2n) is 11.0. The third-order valence-electron chi connectivity index (χ3n) is 8.41. The molecule has 0 bridgehead atoms. The molecule has 2 aromatic carbocycles. The van der Waals surface area contributed by atoms with Crippen LogP contribution in [-0.4, -0.2) is 52.8 Å². The van der Waals surface area contributed by atoms with Crippen LogP contribution in [0.5, 0.6) is 5.75 Å². The lowest BCUT2D eigenvalue weighted by Crippen LogP contribution is -2.24. The van der Waals surface area contributed by atoms with Crippen molar-refractivity contribution in [3.63, 3.8) is 0 Å². The Balaban J connectivity index is 1.29. The predicted octanol–water partition coefficient (Wildman–Crippen LogP) is 4.87. The standard InChI is InChI=1S/C33H39N7O/c1-21-25(8-6-10-27(21)29-16-32(41-5)24(17-36-29)19-40-15-14-35-20-40)26-9-7-11-28(22(26)2)37-23(3)33-38-30-18-34-13-12-31(30)39(33)4/h6-11,16-17,34-35,37H,3,12-15,18-20H2,1-2,4-5H3. The Kier molecular flexibility index (Phi) is 7.62. The summed E-state index contributed by atoms with van der Waals surface area (Å²) in [7, 11) is 3.82. The molecule has 0 unspecified atom stereocenters. The molecule has 0 spiro atoms. The van der Waals surface area contributed by atoms with Gasteiger partial charge >= 0.3 is 0 Å². The molecule has 2 aromatic heterocycles. The Bertz CT molecular complexity index is 1600. The summed E-state index contributed by atoms with van der Waals surface area (Å²) in [5.41, 5.74) is 12.0. The largest absolute Gasteiger partial charge is 0.496 e. The van der Waals surface area contributed by atoms with E-state index >= 15 is 0 Å². The van der Waals surface area contributed by atoms with Gasteiger partial charge in [0.25, 0.3) is 0 Å². The van der Waals surface area contributed by atoms with Gasteiger partial charge in [0.2, 0.25) is 0 Å². The van der Waals surface area contributed by atoms with E-state index in [-0.39, 0.29) is 0 Å². The van der Waals surface area contributed by atoms with Crippen LogP contribution >= 0.6 is 0 Å². The van der Waals surface area contributed by atoms with E-state index in [0.717, 1.165) is 96.8 Å². The van der Waals surface area contributed by atoms with Crippen LogP contribution in [0.1, 0.15) is 33.9 Å². The van der Waals surface area contributed by atoms with E-state index in [1.165, 1.54) is 22.4 Å². The van der Waals surface area contributed by atoms with Crippen molar-refractivity contribution in [2.75, 3.05) is 38.7 Å². The number of aromatic nitrogens is 3. The van der Waals surface area contributed by atoms with Crippen LogP contribution in [0.25, 0.3) is 28.1 Å². The van der Waals surface area contributed by atoms with Crippen molar-refractivity contribution in [1.29, 1.82) is 0 Å². The zero-order valence-electron chi connectivity index (χ0n) is 24.5. The Hall–Kier alpha value is -3.98. The fourth-order valence-electron chi connectivity index (χ4n) is 6.06. The first kappa shape index (κ1) is 27.2. The minimum atomic E-state index is 0.800. The summed E-state index contributed by atoms with van der Waals surface area (Å²) in [6.45, 7) is 14.3. The lowest BCUT2D eigenvalue weighted by Gasteiger charge is -2.19. The van der Waals surface area contributed by atoms with Crippen molar-refractivity contribution >= 4 is 11.4 Å². The highest BCUT2D eigenvalue weighted by atomic mass is 16.5. The Labute approximate surface area is 242 Å². The van der Waals surface area contributed by atoms with Crippen molar-refractivity contribution in [1.82, 2.24) is 30.1 Å². The molecule has 0 atom stereocenters. The van der Waals surface area contributed by atoms with Crippen LogP contribution in [0.3, 0.4) is 0 Å². The van der Waals surface area contributed by atoms with Crippen molar-refractivity contribution < 1.29 is 4.74 Å². The number of nitrogens with one attached hydrogen (secondary N) is 3. The molecule has 4 aromatic rings. The Morgan fingerprint density at radius 3 is 2.59 bits per heavy atom. The number of hydrogen-bond acceptors (Lipinski definition) is 7. The van der Waals surface area contributed by atoms with Crippen molar-refractivity contribution in [2.45, 2.75) is 33.4 Å². The van der Waals surface area contributed by atoms with Gasteiger partial charge in [-0.3, -0.25) is 9.88 Å². The maximum atomic E-state index is 5.80. The molecular formula is C33H39N7O. The smallest absolute Gasteiger partial charge is 0.156 e. The van der Waals surface area contributed by atoms with Gasteiger partial charge in [-0.15, -0.1) is 0 Å². The SMILES string of the molecule is C=C(Nc1cccc(-c2cccc(-c3cc(OC)c(CN4CCNC4)cn3)c2C)c1C)c1nc2c(n1C)CCNC2. The lowest BCUT2D eigenvalue weighted by molar-refractivity contribution is 0.317. The number of ether oxygens (including phenoxy) is 1. The van der Waals surface area contributed by atoms with Gasteiger partial charge in [-0.1, -0.05) is 36.9 Å². The highest BCUT2D eigenvalue weighted by Gasteiger charge is 2.20. The second kappa shape index (κ2) is 11.5. The summed E-state index contributed by atoms with van der Waals surface area (Å²) in [6.07, 6.45) is 2.95. The van der Waals surface area contributed by atoms with Crippen LogP contribution in [-0.2, 0) is 26.6 Å². The number of pyridine rings is 1. The van der Waals surface area contributed by atoms with Crippen LogP contribution in [0.15, 0.2) is 55.2 Å². The Morgan fingerprint density at radius 1 is 1.05 bits per heavy atom. The van der Waals surface area contributed by atoms with Gasteiger partial charge in [-0.05, 0) is 42.2 Å². The first-order valence-electron chi connectivity index (χ1n) is 14.3. The van der Waals surface area contributed by atoms with Gasteiger partial charge in [0.15, 0.2) is 5.82 Å². The topological polar surface area (TPSA) is 79.3 Å². The zero-order valence-corrected chi connectivity index (χ0v) is 24.5. The van der Waals surface area contributed by atoms with E-state index in [4.69, 9.17) is 14.7 Å². The third kappa shape index (κ3) is 5.26. The van der Waals surface area contributed by atoms with Crippen LogP contribution < -0.4 is 20.7 Å². The summed E-state index contributed by atoms with van der Waals surface area (Å²) in [5.74, 6) is 1.76. The normalized spacial score (nSPS) is 15.1. The third-order valence-corrected chi connectivity index (χ3v) is 8.41. The highest BCUT2D eigenvalue weighted by Crippen LogP contribution is 2.37. The molecule has 212 valence electrons. The molecule has 0 aliphatic carbocycles. The number of rotatable bonds is 8. The molecule has 2 aliphatic heterocycles. The number of benzene rings is 2. The van der Waals surface area contributed by atoms with Gasteiger partial charge in [-0.25, -0.2) is 4.98 Å². The first-order chi connectivity index (χ1) is 19.9. The molecule has 1 saturated heterocycles. The van der Waals surface area contributed by atoms with Crippen molar-refractivity contribution in [3.8, 4) is 28.1 Å². The average Bonchev–Trinajstić information content (AvgIpc) is 3.62. The van der Waals surface area contributed by atoms with Crippen LogP contribution in [0.4, 0.5) is 5.69 Å². The fourth-order valence-corrected chi connectivity index (χ4v) is 6.06. The van der Waals surface area contributed by atoms with Crippen LogP contribution in [0.2, 0.25) is 0 Å². The second-order valence-corrected chi connectivity index (χ2v) is 11.0. The van der Waals surface area contributed by atoms with E-state index < -0.39 is 0 Å². The van der Waals surface area contributed by atoms with E-state index in [0.29, 0.717) is 0 Å². The average molecular weight is 550 g/mol. The van der Waals surface area contributed by atoms with Gasteiger partial charge in [0.1, 0.15) is 5.75 Å². The lowest BCUT2D eigenvalue weighted by atomic mass is 9.91. The van der Waals surface area contributed by atoms with Gasteiger partial charge in [-0.2, -0.15) is 0 Å². The minimum absolute atomic E-state index is 0.800. The number of hydrogen-bond donors (Lipinski definition) is 3. The summed E-state index contributed by atoms with van der Waals surface area (Å²) in [4.78, 5) is 12.1. The molecule has 0 saturated carbocycles. The Morgan fingerprint density at radius 2 is 1.83 bits per heavy atom. The van der Waals surface area contributed by atoms with E-state index in [1.54, 1.807) is 7.11 Å². The highest BCUT2D eigenvalue weighted by molar-refractivity contribution is 5.84. The zero-order chi connectivity index (χ0) is 28.5. The molecular weight excluding hydrogens is 510 g/mol. The number of nitrogens with zero attached hydrogens (tertiary/aromatic N) is 4. The van der Waals surface area contributed by atoms with Crippen molar-refractivity contribution in [2.24, 2.45) is 7.05 Å². The molecule has 8 heteroatoms. The van der Waals surface area contributed by atoms with Gasteiger partial charge in [0, 0.05) is 87.6 Å². The number of fused-ring (bicyclic) bond motifs is 1. The minimum Gasteiger partial charge on any atom is -0.496 e. The summed E-state index contributed by atoms with van der Waals surface area (Å²) in [6, 6.07) is 14.9. The summed E-state index contributed by atoms with van der Waals surface area (Å²) >= 11 is 0. The quantitative estimate of drug-likeness (QED) is 0.290. The molecule has 2 aliphatic rings.